The average molecular weight is 424 g/mol. The molecule has 0 saturated carbocycles. The van der Waals surface area contributed by atoms with Gasteiger partial charge >= 0.3 is 0 Å². The minimum Gasteiger partial charge on any atom is -0.335 e. The predicted molar refractivity (Wildman–Crippen MR) is 124 cm³/mol. The number of thioether (sulfide) groups is 1. The van der Waals surface area contributed by atoms with Gasteiger partial charge in [0.2, 0.25) is 11.1 Å². The Hall–Kier alpha value is -2.80. The molecule has 2 aromatic carbocycles. The molecule has 158 valence electrons. The minimum absolute atomic E-state index is 0.0779. The van der Waals surface area contributed by atoms with E-state index >= 15 is 0 Å². The quantitative estimate of drug-likeness (QED) is 0.459. The maximum Gasteiger partial charge on any atom is 0.237 e. The van der Waals surface area contributed by atoms with E-state index in [9.17, 15) is 4.79 Å². The largest absolute Gasteiger partial charge is 0.335 e. The number of nitrogens with one attached hydrogen (secondary N) is 1. The second kappa shape index (κ2) is 8.52. The van der Waals surface area contributed by atoms with Crippen molar-refractivity contribution in [2.45, 2.75) is 57.4 Å². The van der Waals surface area contributed by atoms with E-state index in [4.69, 9.17) is 5.84 Å². The predicted octanol–water partition coefficient (Wildman–Crippen LogP) is 4.69. The van der Waals surface area contributed by atoms with Crippen LogP contribution in [0.2, 0.25) is 0 Å². The molecule has 3 rings (SSSR count). The molecule has 1 amide bonds. The molecule has 0 unspecified atom stereocenters. The minimum atomic E-state index is -0.381. The third-order valence-corrected chi connectivity index (χ3v) is 6.02. The molecule has 3 N–H and O–H groups in total. The smallest absolute Gasteiger partial charge is 0.237 e. The van der Waals surface area contributed by atoms with Crippen LogP contribution in [-0.2, 0) is 10.2 Å². The van der Waals surface area contributed by atoms with Gasteiger partial charge in [0.25, 0.3) is 0 Å². The number of benzene rings is 2. The molecule has 0 radical (unpaired) electrons. The van der Waals surface area contributed by atoms with Gasteiger partial charge in [-0.3, -0.25) is 4.79 Å². The van der Waals surface area contributed by atoms with E-state index < -0.39 is 0 Å². The molecule has 0 aliphatic rings. The third-order valence-electron chi connectivity index (χ3n) is 4.96. The molecule has 7 heteroatoms. The highest BCUT2D eigenvalue weighted by molar-refractivity contribution is 8.00. The lowest BCUT2D eigenvalue weighted by molar-refractivity contribution is -0.115. The number of anilines is 1. The summed E-state index contributed by atoms with van der Waals surface area (Å²) in [5.74, 6) is 6.70. The third kappa shape index (κ3) is 4.84. The number of nitrogens with zero attached hydrogens (tertiary/aromatic N) is 3. The summed E-state index contributed by atoms with van der Waals surface area (Å²) in [6.07, 6.45) is 0. The van der Waals surface area contributed by atoms with Crippen molar-refractivity contribution in [3.05, 3.63) is 59.2 Å². The summed E-state index contributed by atoms with van der Waals surface area (Å²) in [6.45, 7) is 12.4. The van der Waals surface area contributed by atoms with Crippen LogP contribution in [-0.4, -0.2) is 26.0 Å². The van der Waals surface area contributed by atoms with Crippen LogP contribution in [0, 0.1) is 13.8 Å². The summed E-state index contributed by atoms with van der Waals surface area (Å²) in [5, 5.41) is 11.5. The van der Waals surface area contributed by atoms with Crippen LogP contribution in [0.15, 0.2) is 47.6 Å². The van der Waals surface area contributed by atoms with E-state index in [2.05, 4.69) is 48.4 Å². The van der Waals surface area contributed by atoms with Crippen LogP contribution < -0.4 is 11.2 Å². The Bertz CT molecular complexity index is 1050. The molecule has 1 heterocycles. The second-order valence-corrected chi connectivity index (χ2v) is 9.88. The topological polar surface area (TPSA) is 85.8 Å². The number of nitrogens with two attached hydrogens (primary N) is 1. The number of hydrogen-bond acceptors (Lipinski definition) is 5. The number of carbonyl (C=O) groups excluding carboxylic acids is 1. The summed E-state index contributed by atoms with van der Waals surface area (Å²) in [6, 6.07) is 14.1. The molecule has 1 atom stereocenters. The Labute approximate surface area is 182 Å². The Morgan fingerprint density at radius 3 is 2.37 bits per heavy atom. The van der Waals surface area contributed by atoms with Crippen molar-refractivity contribution in [1.29, 1.82) is 0 Å². The van der Waals surface area contributed by atoms with E-state index in [-0.39, 0.29) is 16.6 Å². The maximum atomic E-state index is 12.6. The number of amides is 1. The molecule has 0 fully saturated rings. The zero-order valence-electron chi connectivity index (χ0n) is 18.4. The molecule has 6 nitrogen and oxygen atoms in total. The van der Waals surface area contributed by atoms with E-state index in [1.54, 1.807) is 0 Å². The number of aryl methyl sites for hydroxylation is 2. The van der Waals surface area contributed by atoms with Crippen molar-refractivity contribution in [1.82, 2.24) is 14.9 Å². The van der Waals surface area contributed by atoms with Crippen LogP contribution >= 0.6 is 11.8 Å². The van der Waals surface area contributed by atoms with Crippen LogP contribution in [0.25, 0.3) is 11.4 Å². The fraction of sp³-hybridized carbons (Fsp3) is 0.348. The molecule has 0 spiro atoms. The molecule has 30 heavy (non-hydrogen) atoms. The Morgan fingerprint density at radius 2 is 1.77 bits per heavy atom. The van der Waals surface area contributed by atoms with Gasteiger partial charge in [-0.25, -0.2) is 4.68 Å². The van der Waals surface area contributed by atoms with Crippen LogP contribution in [0.1, 0.15) is 44.4 Å². The fourth-order valence-corrected chi connectivity index (χ4v) is 3.84. The van der Waals surface area contributed by atoms with Gasteiger partial charge in [-0.05, 0) is 43.4 Å². The van der Waals surface area contributed by atoms with Crippen molar-refractivity contribution < 1.29 is 4.79 Å². The van der Waals surface area contributed by atoms with Gasteiger partial charge in [0.15, 0.2) is 5.82 Å². The highest BCUT2D eigenvalue weighted by Crippen LogP contribution is 2.28. The van der Waals surface area contributed by atoms with E-state index in [1.807, 2.05) is 51.1 Å². The maximum absolute atomic E-state index is 12.6. The molecular formula is C23H29N5OS. The summed E-state index contributed by atoms with van der Waals surface area (Å²) in [5.41, 5.74) is 5.20. The Morgan fingerprint density at radius 1 is 1.10 bits per heavy atom. The molecule has 0 aliphatic carbocycles. The monoisotopic (exact) mass is 423 g/mol. The summed E-state index contributed by atoms with van der Waals surface area (Å²) < 4.78 is 1.44. The first-order chi connectivity index (χ1) is 14.1. The number of aromatic nitrogens is 3. The van der Waals surface area contributed by atoms with Crippen LogP contribution in [0.5, 0.6) is 0 Å². The van der Waals surface area contributed by atoms with Gasteiger partial charge in [0.05, 0.1) is 5.25 Å². The zero-order valence-corrected chi connectivity index (χ0v) is 19.2. The van der Waals surface area contributed by atoms with Crippen molar-refractivity contribution >= 4 is 23.4 Å². The normalized spacial score (nSPS) is 12.6. The fourth-order valence-electron chi connectivity index (χ4n) is 3.07. The van der Waals surface area contributed by atoms with Gasteiger partial charge < -0.3 is 11.2 Å². The van der Waals surface area contributed by atoms with E-state index in [0.29, 0.717) is 11.0 Å². The summed E-state index contributed by atoms with van der Waals surface area (Å²) in [7, 11) is 0. The number of carbonyl (C=O) groups is 1. The molecule has 3 aromatic rings. The lowest BCUT2D eigenvalue weighted by Gasteiger charge is -2.19. The van der Waals surface area contributed by atoms with Crippen LogP contribution in [0.4, 0.5) is 5.69 Å². The van der Waals surface area contributed by atoms with Crippen molar-refractivity contribution in [2.24, 2.45) is 0 Å². The van der Waals surface area contributed by atoms with Gasteiger partial charge in [-0.1, -0.05) is 74.5 Å². The summed E-state index contributed by atoms with van der Waals surface area (Å²) >= 11 is 1.28. The van der Waals surface area contributed by atoms with E-state index in [0.717, 1.165) is 22.4 Å². The van der Waals surface area contributed by atoms with Crippen molar-refractivity contribution in [3.63, 3.8) is 0 Å². The first-order valence-electron chi connectivity index (χ1n) is 9.92. The second-order valence-electron chi connectivity index (χ2n) is 8.57. The first kappa shape index (κ1) is 21.9. The van der Waals surface area contributed by atoms with Crippen LogP contribution in [0.3, 0.4) is 0 Å². The number of nitrogen functional groups attached to an aromatic ring is 1. The Balaban J connectivity index is 1.71. The molecular weight excluding hydrogens is 394 g/mol. The number of rotatable bonds is 5. The van der Waals surface area contributed by atoms with Crippen molar-refractivity contribution in [2.75, 3.05) is 11.2 Å². The highest BCUT2D eigenvalue weighted by Gasteiger charge is 2.21. The summed E-state index contributed by atoms with van der Waals surface area (Å²) in [4.78, 5) is 12.6. The lowest BCUT2D eigenvalue weighted by atomic mass is 9.87. The number of hydrogen-bond donors (Lipinski definition) is 2. The van der Waals surface area contributed by atoms with Crippen molar-refractivity contribution in [3.8, 4) is 11.4 Å². The lowest BCUT2D eigenvalue weighted by Crippen LogP contribution is -2.24. The highest BCUT2D eigenvalue weighted by atomic mass is 32.2. The first-order valence-corrected chi connectivity index (χ1v) is 10.8. The molecule has 1 aromatic heterocycles. The zero-order chi connectivity index (χ0) is 22.1. The molecule has 0 aliphatic heterocycles. The molecule has 0 saturated heterocycles. The standard InChI is InChI=1S/C23H29N5OS/c1-14-7-12-19(15(2)13-14)25-21(29)16(3)30-22-27-26-20(28(22)24)17-8-10-18(11-9-17)23(4,5)6/h7-13,16H,24H2,1-6H3,(H,25,29)/t16-/m0/s1. The SMILES string of the molecule is Cc1ccc(NC(=O)[C@H](C)Sc2nnc(-c3ccc(C(C)(C)C)cc3)n2N)c(C)c1. The van der Waals surface area contributed by atoms with Gasteiger partial charge in [-0.15, -0.1) is 10.2 Å². The molecule has 0 bridgehead atoms. The van der Waals surface area contributed by atoms with E-state index in [1.165, 1.54) is 22.0 Å². The Kier molecular flexibility index (Phi) is 6.22. The average Bonchev–Trinajstić information content (AvgIpc) is 3.03. The van der Waals surface area contributed by atoms with Gasteiger partial charge in [0.1, 0.15) is 0 Å². The van der Waals surface area contributed by atoms with Gasteiger partial charge in [-0.2, -0.15) is 0 Å². The van der Waals surface area contributed by atoms with Gasteiger partial charge in [0, 0.05) is 11.3 Å².